The molecule has 0 aliphatic rings. The third-order valence-electron chi connectivity index (χ3n) is 2.08. The normalized spacial score (nSPS) is 10.0. The molecule has 13 heavy (non-hydrogen) atoms. The number of aryl methyl sites for hydroxylation is 1. The summed E-state index contributed by atoms with van der Waals surface area (Å²) in [5, 5.41) is 0. The van der Waals surface area contributed by atoms with Crippen molar-refractivity contribution in [3.63, 3.8) is 0 Å². The molecule has 1 aromatic rings. The van der Waals surface area contributed by atoms with E-state index >= 15 is 0 Å². The maximum Gasteiger partial charge on any atom is 0.162 e. The summed E-state index contributed by atoms with van der Waals surface area (Å²) in [4.78, 5) is 11.5. The Bertz CT molecular complexity index is 318. The highest BCUT2D eigenvalue weighted by atomic mass is 16.1. The fraction of sp³-hybridized carbons (Fsp3) is 0.364. The maximum absolute atomic E-state index is 11.5. The molecule has 0 spiro atoms. The molecule has 0 N–H and O–H groups in total. The van der Waals surface area contributed by atoms with Gasteiger partial charge in [-0.15, -0.1) is 0 Å². The van der Waals surface area contributed by atoms with Gasteiger partial charge in [-0.3, -0.25) is 4.79 Å². The van der Waals surface area contributed by atoms with Crippen molar-refractivity contribution in [2.24, 2.45) is 0 Å². The molecule has 2 radical (unpaired) electrons. The van der Waals surface area contributed by atoms with Crippen LogP contribution in [-0.2, 0) is 0 Å². The number of ketones is 1. The van der Waals surface area contributed by atoms with E-state index in [1.807, 2.05) is 26.0 Å². The van der Waals surface area contributed by atoms with Crippen molar-refractivity contribution in [3.05, 3.63) is 29.3 Å². The van der Waals surface area contributed by atoms with Gasteiger partial charge in [0, 0.05) is 12.0 Å². The van der Waals surface area contributed by atoms with E-state index in [0.29, 0.717) is 11.9 Å². The van der Waals surface area contributed by atoms with Crippen molar-refractivity contribution >= 4 is 19.1 Å². The van der Waals surface area contributed by atoms with Gasteiger partial charge in [-0.1, -0.05) is 36.1 Å². The first kappa shape index (κ1) is 10.0. The molecular formula is C11H13BO. The highest BCUT2D eigenvalue weighted by molar-refractivity contribution is 6.33. The van der Waals surface area contributed by atoms with Crippen LogP contribution < -0.4 is 5.46 Å². The number of hydrogen-bond acceptors (Lipinski definition) is 1. The fourth-order valence-electron chi connectivity index (χ4n) is 1.19. The van der Waals surface area contributed by atoms with Crippen LogP contribution in [0.4, 0.5) is 0 Å². The zero-order valence-corrected chi connectivity index (χ0v) is 8.13. The van der Waals surface area contributed by atoms with Gasteiger partial charge in [0.05, 0.1) is 0 Å². The first-order valence-electron chi connectivity index (χ1n) is 4.54. The van der Waals surface area contributed by atoms with Crippen molar-refractivity contribution < 1.29 is 4.79 Å². The van der Waals surface area contributed by atoms with Crippen LogP contribution >= 0.6 is 0 Å². The van der Waals surface area contributed by atoms with Gasteiger partial charge >= 0.3 is 0 Å². The largest absolute Gasteiger partial charge is 0.294 e. The number of carbonyl (C=O) groups excluding carboxylic acids is 1. The molecule has 0 bridgehead atoms. The highest BCUT2D eigenvalue weighted by Gasteiger charge is 2.04. The average Bonchev–Trinajstić information content (AvgIpc) is 2.10. The van der Waals surface area contributed by atoms with Crippen LogP contribution in [0.2, 0.25) is 0 Å². The second-order valence-corrected chi connectivity index (χ2v) is 3.24. The van der Waals surface area contributed by atoms with Crippen LogP contribution in [0.15, 0.2) is 18.2 Å². The first-order valence-corrected chi connectivity index (χ1v) is 4.54. The maximum atomic E-state index is 11.5. The van der Waals surface area contributed by atoms with Gasteiger partial charge in [-0.05, 0) is 13.3 Å². The van der Waals surface area contributed by atoms with Crippen molar-refractivity contribution in [2.45, 2.75) is 26.7 Å². The number of benzene rings is 1. The molecule has 0 heterocycles. The molecule has 1 aromatic carbocycles. The molecule has 0 saturated carbocycles. The smallest absolute Gasteiger partial charge is 0.162 e. The van der Waals surface area contributed by atoms with Crippen LogP contribution in [-0.4, -0.2) is 13.6 Å². The van der Waals surface area contributed by atoms with Crippen LogP contribution in [0, 0.1) is 6.92 Å². The number of hydrogen-bond donors (Lipinski definition) is 0. The van der Waals surface area contributed by atoms with Crippen LogP contribution in [0.25, 0.3) is 0 Å². The fourth-order valence-corrected chi connectivity index (χ4v) is 1.19. The van der Waals surface area contributed by atoms with E-state index < -0.39 is 0 Å². The Hall–Kier alpha value is -1.05. The molecule has 0 amide bonds. The predicted octanol–water partition coefficient (Wildman–Crippen LogP) is 1.77. The molecule has 0 aliphatic carbocycles. The Morgan fingerprint density at radius 1 is 1.46 bits per heavy atom. The number of Topliss-reactive ketones (excluding diaryl/α,β-unsaturated/α-hetero) is 1. The Morgan fingerprint density at radius 3 is 2.69 bits per heavy atom. The lowest BCUT2D eigenvalue weighted by atomic mass is 9.88. The van der Waals surface area contributed by atoms with Gasteiger partial charge in [-0.25, -0.2) is 0 Å². The summed E-state index contributed by atoms with van der Waals surface area (Å²) in [6, 6.07) is 5.48. The standard InChI is InChI=1S/C11H13BO/c1-3-4-11(13)9-6-5-8(2)10(12)7-9/h5-7H,3-4H2,1-2H3. The van der Waals surface area contributed by atoms with E-state index in [0.717, 1.165) is 17.5 Å². The second-order valence-electron chi connectivity index (χ2n) is 3.24. The molecule has 1 nitrogen and oxygen atoms in total. The minimum atomic E-state index is 0.175. The molecule has 66 valence electrons. The Balaban J connectivity index is 2.90. The summed E-state index contributed by atoms with van der Waals surface area (Å²) in [6.07, 6.45) is 1.48. The Morgan fingerprint density at radius 2 is 2.15 bits per heavy atom. The van der Waals surface area contributed by atoms with Gasteiger partial charge < -0.3 is 0 Å². The van der Waals surface area contributed by atoms with Crippen molar-refractivity contribution in [1.29, 1.82) is 0 Å². The Kier molecular flexibility index (Phi) is 3.29. The molecule has 1 rings (SSSR count). The minimum absolute atomic E-state index is 0.175. The molecule has 0 fully saturated rings. The van der Waals surface area contributed by atoms with Gasteiger partial charge in [-0.2, -0.15) is 0 Å². The molecule has 0 unspecified atom stereocenters. The zero-order valence-electron chi connectivity index (χ0n) is 8.13. The zero-order chi connectivity index (χ0) is 9.84. The van der Waals surface area contributed by atoms with E-state index in [9.17, 15) is 4.79 Å². The van der Waals surface area contributed by atoms with Crippen molar-refractivity contribution in [3.8, 4) is 0 Å². The summed E-state index contributed by atoms with van der Waals surface area (Å²) in [5.41, 5.74) is 2.44. The molecular weight excluding hydrogens is 159 g/mol. The van der Waals surface area contributed by atoms with Crippen LogP contribution in [0.3, 0.4) is 0 Å². The van der Waals surface area contributed by atoms with Crippen molar-refractivity contribution in [1.82, 2.24) is 0 Å². The van der Waals surface area contributed by atoms with Crippen LogP contribution in [0.1, 0.15) is 35.7 Å². The summed E-state index contributed by atoms with van der Waals surface area (Å²) >= 11 is 0. The summed E-state index contributed by atoms with van der Waals surface area (Å²) in [5.74, 6) is 0.175. The predicted molar refractivity (Wildman–Crippen MR) is 55.8 cm³/mol. The number of carbonyl (C=O) groups is 1. The SMILES string of the molecule is [B]c1cc(C(=O)CCC)ccc1C. The van der Waals surface area contributed by atoms with E-state index in [1.165, 1.54) is 0 Å². The van der Waals surface area contributed by atoms with E-state index in [2.05, 4.69) is 0 Å². The summed E-state index contributed by atoms with van der Waals surface area (Å²) in [7, 11) is 5.70. The minimum Gasteiger partial charge on any atom is -0.294 e. The van der Waals surface area contributed by atoms with E-state index in [1.54, 1.807) is 6.07 Å². The second kappa shape index (κ2) is 4.26. The van der Waals surface area contributed by atoms with Crippen LogP contribution in [0.5, 0.6) is 0 Å². The van der Waals surface area contributed by atoms with Gasteiger partial charge in [0.25, 0.3) is 0 Å². The third-order valence-corrected chi connectivity index (χ3v) is 2.08. The topological polar surface area (TPSA) is 17.1 Å². The highest BCUT2D eigenvalue weighted by Crippen LogP contribution is 2.05. The molecule has 0 aromatic heterocycles. The summed E-state index contributed by atoms with van der Waals surface area (Å²) < 4.78 is 0. The summed E-state index contributed by atoms with van der Waals surface area (Å²) in [6.45, 7) is 3.93. The lowest BCUT2D eigenvalue weighted by Crippen LogP contribution is -2.10. The van der Waals surface area contributed by atoms with Gasteiger partial charge in [0.1, 0.15) is 7.85 Å². The Labute approximate surface area is 80.6 Å². The first-order chi connectivity index (χ1) is 6.15. The molecule has 2 heteroatoms. The van der Waals surface area contributed by atoms with Crippen molar-refractivity contribution in [2.75, 3.05) is 0 Å². The van der Waals surface area contributed by atoms with E-state index in [4.69, 9.17) is 7.85 Å². The lowest BCUT2D eigenvalue weighted by molar-refractivity contribution is 0.0982. The molecule has 0 aliphatic heterocycles. The van der Waals surface area contributed by atoms with E-state index in [-0.39, 0.29) is 5.78 Å². The quantitative estimate of drug-likeness (QED) is 0.501. The monoisotopic (exact) mass is 172 g/mol. The average molecular weight is 172 g/mol. The van der Waals surface area contributed by atoms with Gasteiger partial charge in [0.2, 0.25) is 0 Å². The molecule has 0 saturated heterocycles. The third kappa shape index (κ3) is 2.45. The number of rotatable bonds is 3. The lowest BCUT2D eigenvalue weighted by Gasteiger charge is -2.03. The van der Waals surface area contributed by atoms with Gasteiger partial charge in [0.15, 0.2) is 5.78 Å². The molecule has 0 atom stereocenters.